The zero-order chi connectivity index (χ0) is 21.2. The maximum Gasteiger partial charge on any atom is 0.433 e. The van der Waals surface area contributed by atoms with Crippen LogP contribution in [0.3, 0.4) is 0 Å². The number of aromatic hydroxyl groups is 1. The predicted octanol–water partition coefficient (Wildman–Crippen LogP) is 3.59. The van der Waals surface area contributed by atoms with Crippen LogP contribution in [-0.2, 0) is 31.0 Å². The molecule has 3 aromatic rings. The molecule has 0 spiro atoms. The SMILES string of the molecule is CCNc1nc(C(F)(F)F)ccc1CNC(=O)Cc1cn(C)c2ccc(O)cc12. The summed E-state index contributed by atoms with van der Waals surface area (Å²) >= 11 is 0. The van der Waals surface area contributed by atoms with E-state index in [0.717, 1.165) is 22.5 Å². The van der Waals surface area contributed by atoms with Gasteiger partial charge in [-0.25, -0.2) is 4.98 Å². The van der Waals surface area contributed by atoms with E-state index in [2.05, 4.69) is 15.6 Å². The Bertz CT molecular complexity index is 1040. The van der Waals surface area contributed by atoms with E-state index in [4.69, 9.17) is 0 Å². The molecule has 154 valence electrons. The molecule has 0 aliphatic carbocycles. The van der Waals surface area contributed by atoms with E-state index in [1.54, 1.807) is 25.1 Å². The van der Waals surface area contributed by atoms with Gasteiger partial charge in [-0.1, -0.05) is 6.07 Å². The van der Waals surface area contributed by atoms with Crippen molar-refractivity contribution in [2.24, 2.45) is 7.05 Å². The van der Waals surface area contributed by atoms with Crippen molar-refractivity contribution < 1.29 is 23.1 Å². The molecule has 2 aromatic heterocycles. The number of pyridine rings is 1. The fourth-order valence-corrected chi connectivity index (χ4v) is 3.14. The molecule has 6 nitrogen and oxygen atoms in total. The number of carbonyl (C=O) groups is 1. The smallest absolute Gasteiger partial charge is 0.433 e. The number of alkyl halides is 3. The molecule has 3 rings (SSSR count). The first-order chi connectivity index (χ1) is 13.7. The number of amides is 1. The summed E-state index contributed by atoms with van der Waals surface area (Å²) < 4.78 is 40.5. The Morgan fingerprint density at radius 1 is 1.21 bits per heavy atom. The van der Waals surface area contributed by atoms with Gasteiger partial charge in [0.05, 0.1) is 6.42 Å². The first-order valence-corrected chi connectivity index (χ1v) is 9.03. The van der Waals surface area contributed by atoms with Crippen LogP contribution >= 0.6 is 0 Å². The molecule has 0 bridgehead atoms. The number of anilines is 1. The number of halogens is 3. The predicted molar refractivity (Wildman–Crippen MR) is 104 cm³/mol. The average Bonchev–Trinajstić information content (AvgIpc) is 2.95. The van der Waals surface area contributed by atoms with Gasteiger partial charge in [-0.3, -0.25) is 4.79 Å². The highest BCUT2D eigenvalue weighted by atomic mass is 19.4. The molecule has 0 fully saturated rings. The van der Waals surface area contributed by atoms with Crippen molar-refractivity contribution >= 4 is 22.6 Å². The van der Waals surface area contributed by atoms with Crippen molar-refractivity contribution in [3.05, 3.63) is 53.3 Å². The number of hydrogen-bond acceptors (Lipinski definition) is 4. The highest BCUT2D eigenvalue weighted by molar-refractivity contribution is 5.90. The topological polar surface area (TPSA) is 79.2 Å². The first kappa shape index (κ1) is 20.5. The van der Waals surface area contributed by atoms with E-state index >= 15 is 0 Å². The Labute approximate surface area is 165 Å². The van der Waals surface area contributed by atoms with E-state index < -0.39 is 11.9 Å². The van der Waals surface area contributed by atoms with Crippen molar-refractivity contribution in [1.82, 2.24) is 14.9 Å². The van der Waals surface area contributed by atoms with Gasteiger partial charge in [-0.05, 0) is 36.8 Å². The zero-order valence-corrected chi connectivity index (χ0v) is 16.0. The van der Waals surface area contributed by atoms with Crippen LogP contribution in [0.25, 0.3) is 10.9 Å². The number of phenolic OH excluding ortho intramolecular Hbond substituents is 1. The third-order valence-corrected chi connectivity index (χ3v) is 4.50. The minimum atomic E-state index is -4.54. The van der Waals surface area contributed by atoms with Crippen LogP contribution in [-0.4, -0.2) is 27.1 Å². The fraction of sp³-hybridized carbons (Fsp3) is 0.300. The van der Waals surface area contributed by atoms with Crippen molar-refractivity contribution in [2.45, 2.75) is 26.1 Å². The fourth-order valence-electron chi connectivity index (χ4n) is 3.14. The van der Waals surface area contributed by atoms with Gasteiger partial charge >= 0.3 is 6.18 Å². The van der Waals surface area contributed by atoms with Crippen molar-refractivity contribution in [3.8, 4) is 5.75 Å². The summed E-state index contributed by atoms with van der Waals surface area (Å²) in [5.74, 6) is -0.0858. The molecular weight excluding hydrogens is 385 g/mol. The maximum atomic E-state index is 12.9. The lowest BCUT2D eigenvalue weighted by molar-refractivity contribution is -0.141. The van der Waals surface area contributed by atoms with Crippen LogP contribution < -0.4 is 10.6 Å². The third-order valence-electron chi connectivity index (χ3n) is 4.50. The number of benzene rings is 1. The second kappa shape index (κ2) is 8.02. The highest BCUT2D eigenvalue weighted by Gasteiger charge is 2.33. The molecule has 0 saturated carbocycles. The molecular formula is C20H21F3N4O2. The van der Waals surface area contributed by atoms with Gasteiger partial charge in [0, 0.05) is 42.8 Å². The third kappa shape index (κ3) is 4.61. The molecule has 2 heterocycles. The Kier molecular flexibility index (Phi) is 5.67. The van der Waals surface area contributed by atoms with Crippen LogP contribution in [0.2, 0.25) is 0 Å². The van der Waals surface area contributed by atoms with Gasteiger partial charge in [0.25, 0.3) is 0 Å². The number of fused-ring (bicyclic) bond motifs is 1. The zero-order valence-electron chi connectivity index (χ0n) is 16.0. The minimum Gasteiger partial charge on any atom is -0.508 e. The average molecular weight is 406 g/mol. The van der Waals surface area contributed by atoms with E-state index in [-0.39, 0.29) is 30.4 Å². The monoisotopic (exact) mass is 406 g/mol. The minimum absolute atomic E-state index is 0.0440. The normalized spacial score (nSPS) is 11.6. The molecule has 0 aliphatic heterocycles. The van der Waals surface area contributed by atoms with Crippen LogP contribution in [0.15, 0.2) is 36.5 Å². The van der Waals surface area contributed by atoms with Gasteiger partial charge in [-0.2, -0.15) is 13.2 Å². The van der Waals surface area contributed by atoms with Crippen LogP contribution in [0.4, 0.5) is 19.0 Å². The van der Waals surface area contributed by atoms with Gasteiger partial charge in [-0.15, -0.1) is 0 Å². The van der Waals surface area contributed by atoms with Crippen LogP contribution in [0.1, 0.15) is 23.7 Å². The van der Waals surface area contributed by atoms with Gasteiger partial charge in [0.2, 0.25) is 5.91 Å². The number of carbonyl (C=O) groups excluding carboxylic acids is 1. The lowest BCUT2D eigenvalue weighted by Gasteiger charge is -2.14. The van der Waals surface area contributed by atoms with E-state index in [1.807, 2.05) is 17.8 Å². The van der Waals surface area contributed by atoms with E-state index in [1.165, 1.54) is 6.07 Å². The molecule has 0 atom stereocenters. The second-order valence-electron chi connectivity index (χ2n) is 6.65. The summed E-state index contributed by atoms with van der Waals surface area (Å²) in [7, 11) is 1.84. The molecule has 0 unspecified atom stereocenters. The van der Waals surface area contributed by atoms with Gasteiger partial charge in [0.1, 0.15) is 17.3 Å². The Morgan fingerprint density at radius 2 is 1.97 bits per heavy atom. The highest BCUT2D eigenvalue weighted by Crippen LogP contribution is 2.29. The number of nitrogens with one attached hydrogen (secondary N) is 2. The summed E-state index contributed by atoms with van der Waals surface area (Å²) in [5, 5.41) is 16.0. The van der Waals surface area contributed by atoms with Gasteiger partial charge < -0.3 is 20.3 Å². The summed E-state index contributed by atoms with van der Waals surface area (Å²) in [4.78, 5) is 16.0. The quantitative estimate of drug-likeness (QED) is 0.585. The number of hydrogen-bond donors (Lipinski definition) is 3. The number of nitrogens with zero attached hydrogens (tertiary/aromatic N) is 2. The van der Waals surface area contributed by atoms with E-state index in [9.17, 15) is 23.1 Å². The number of rotatable bonds is 6. The summed E-state index contributed by atoms with van der Waals surface area (Å²) in [6.45, 7) is 2.19. The number of aryl methyl sites for hydroxylation is 1. The van der Waals surface area contributed by atoms with Crippen molar-refractivity contribution in [3.63, 3.8) is 0 Å². The molecule has 1 aromatic carbocycles. The number of aromatic nitrogens is 2. The summed E-state index contributed by atoms with van der Waals surface area (Å²) in [6.07, 6.45) is -2.65. The first-order valence-electron chi connectivity index (χ1n) is 9.03. The van der Waals surface area contributed by atoms with E-state index in [0.29, 0.717) is 12.1 Å². The maximum absolute atomic E-state index is 12.9. The molecule has 0 saturated heterocycles. The Hall–Kier alpha value is -3.23. The largest absolute Gasteiger partial charge is 0.508 e. The molecule has 1 amide bonds. The Morgan fingerprint density at radius 3 is 2.66 bits per heavy atom. The molecule has 29 heavy (non-hydrogen) atoms. The van der Waals surface area contributed by atoms with Gasteiger partial charge in [0.15, 0.2) is 0 Å². The molecule has 0 aliphatic rings. The summed E-state index contributed by atoms with van der Waals surface area (Å²) in [5.41, 5.74) is 1.10. The number of phenols is 1. The summed E-state index contributed by atoms with van der Waals surface area (Å²) in [6, 6.07) is 7.15. The molecule has 0 radical (unpaired) electrons. The lowest BCUT2D eigenvalue weighted by atomic mass is 10.1. The van der Waals surface area contributed by atoms with Crippen LogP contribution in [0, 0.1) is 0 Å². The van der Waals surface area contributed by atoms with Crippen molar-refractivity contribution in [1.29, 1.82) is 0 Å². The van der Waals surface area contributed by atoms with Crippen LogP contribution in [0.5, 0.6) is 5.75 Å². The van der Waals surface area contributed by atoms with Crippen molar-refractivity contribution in [2.75, 3.05) is 11.9 Å². The molecule has 3 N–H and O–H groups in total. The second-order valence-corrected chi connectivity index (χ2v) is 6.65. The standard InChI is InChI=1S/C20H21F3N4O2/c1-3-24-19-12(4-7-17(26-19)20(21,22)23)10-25-18(29)8-13-11-27(2)16-6-5-14(28)9-15(13)16/h4-7,9,11,28H,3,8,10H2,1-2H3,(H,24,26)(H,25,29). The lowest BCUT2D eigenvalue weighted by Crippen LogP contribution is -2.25. The Balaban J connectivity index is 1.73. The molecule has 9 heteroatoms.